The summed E-state index contributed by atoms with van der Waals surface area (Å²) in [5.74, 6) is 0.792. The van der Waals surface area contributed by atoms with E-state index < -0.39 is 0 Å². The zero-order valence-electron chi connectivity index (χ0n) is 10.3. The fourth-order valence-corrected chi connectivity index (χ4v) is 1.83. The number of aliphatic hydroxyl groups excluding tert-OH is 1. The van der Waals surface area contributed by atoms with Crippen LogP contribution in [0.2, 0.25) is 0 Å². The number of hydrogen-bond acceptors (Lipinski definition) is 3. The molecule has 1 unspecified atom stereocenters. The maximum Gasteiger partial charge on any atom is 0.119 e. The van der Waals surface area contributed by atoms with E-state index in [9.17, 15) is 5.11 Å². The van der Waals surface area contributed by atoms with Gasteiger partial charge in [-0.1, -0.05) is 30.3 Å². The van der Waals surface area contributed by atoms with Gasteiger partial charge in [0.25, 0.3) is 0 Å². The van der Waals surface area contributed by atoms with Crippen molar-refractivity contribution in [3.63, 3.8) is 0 Å². The average Bonchev–Trinajstić information content (AvgIpc) is 2.46. The standard InChI is InChI=1S/C15H17NO2/c1-18-14-9-5-6-12(10-14)15(11-17)16-13-7-3-2-4-8-13/h2-10,15-17H,11H2,1H3. The molecule has 0 aliphatic carbocycles. The normalized spacial score (nSPS) is 11.9. The molecule has 0 saturated heterocycles. The fourth-order valence-electron chi connectivity index (χ4n) is 1.83. The number of ether oxygens (including phenoxy) is 1. The molecule has 0 bridgehead atoms. The topological polar surface area (TPSA) is 41.5 Å². The van der Waals surface area contributed by atoms with Crippen LogP contribution in [0.25, 0.3) is 0 Å². The van der Waals surface area contributed by atoms with Gasteiger partial charge < -0.3 is 15.2 Å². The summed E-state index contributed by atoms with van der Waals surface area (Å²) in [7, 11) is 1.64. The van der Waals surface area contributed by atoms with Gasteiger partial charge in [0.05, 0.1) is 19.8 Å². The first-order chi connectivity index (χ1) is 8.83. The molecular formula is C15H17NO2. The number of benzene rings is 2. The van der Waals surface area contributed by atoms with Gasteiger partial charge in [-0.2, -0.15) is 0 Å². The second-order valence-corrected chi connectivity index (χ2v) is 4.02. The summed E-state index contributed by atoms with van der Waals surface area (Å²) in [5.41, 5.74) is 1.99. The van der Waals surface area contributed by atoms with Crippen LogP contribution >= 0.6 is 0 Å². The maximum absolute atomic E-state index is 9.50. The van der Waals surface area contributed by atoms with Crippen molar-refractivity contribution in [3.05, 3.63) is 60.2 Å². The summed E-state index contributed by atoms with van der Waals surface area (Å²) in [4.78, 5) is 0. The van der Waals surface area contributed by atoms with Gasteiger partial charge in [0.15, 0.2) is 0 Å². The summed E-state index contributed by atoms with van der Waals surface area (Å²) in [6.07, 6.45) is 0. The zero-order valence-corrected chi connectivity index (χ0v) is 10.3. The van der Waals surface area contributed by atoms with Gasteiger partial charge in [0.1, 0.15) is 5.75 Å². The summed E-state index contributed by atoms with van der Waals surface area (Å²) >= 11 is 0. The van der Waals surface area contributed by atoms with E-state index in [4.69, 9.17) is 4.74 Å². The zero-order chi connectivity index (χ0) is 12.8. The van der Waals surface area contributed by atoms with Crippen LogP contribution in [0.3, 0.4) is 0 Å². The number of hydrogen-bond donors (Lipinski definition) is 2. The number of rotatable bonds is 5. The predicted octanol–water partition coefficient (Wildman–Crippen LogP) is 2.84. The minimum atomic E-state index is -0.137. The van der Waals surface area contributed by atoms with E-state index in [2.05, 4.69) is 5.32 Å². The Labute approximate surface area is 107 Å². The van der Waals surface area contributed by atoms with Crippen LogP contribution in [-0.2, 0) is 0 Å². The van der Waals surface area contributed by atoms with E-state index in [1.165, 1.54) is 0 Å². The lowest BCUT2D eigenvalue weighted by atomic mass is 10.1. The maximum atomic E-state index is 9.50. The highest BCUT2D eigenvalue weighted by molar-refractivity contribution is 5.46. The smallest absolute Gasteiger partial charge is 0.119 e. The minimum absolute atomic E-state index is 0.0298. The highest BCUT2D eigenvalue weighted by Crippen LogP contribution is 2.22. The molecule has 2 N–H and O–H groups in total. The molecule has 0 heterocycles. The van der Waals surface area contributed by atoms with Gasteiger partial charge in [-0.15, -0.1) is 0 Å². The quantitative estimate of drug-likeness (QED) is 0.848. The first-order valence-corrected chi connectivity index (χ1v) is 5.90. The molecule has 2 aromatic carbocycles. The Hall–Kier alpha value is -2.00. The van der Waals surface area contributed by atoms with Crippen LogP contribution in [0.4, 0.5) is 5.69 Å². The lowest BCUT2D eigenvalue weighted by Crippen LogP contribution is -2.14. The molecule has 0 radical (unpaired) electrons. The van der Waals surface area contributed by atoms with E-state index in [0.29, 0.717) is 0 Å². The molecule has 0 aromatic heterocycles. The summed E-state index contributed by atoms with van der Waals surface area (Å²) in [5, 5.41) is 12.8. The average molecular weight is 243 g/mol. The van der Waals surface area contributed by atoms with Crippen molar-refractivity contribution in [2.45, 2.75) is 6.04 Å². The van der Waals surface area contributed by atoms with Crippen LogP contribution in [0.1, 0.15) is 11.6 Å². The number of nitrogens with one attached hydrogen (secondary N) is 1. The molecule has 3 nitrogen and oxygen atoms in total. The SMILES string of the molecule is COc1cccc(C(CO)Nc2ccccc2)c1. The Bertz CT molecular complexity index is 485. The molecule has 2 aromatic rings. The molecule has 0 aliphatic heterocycles. The Morgan fingerprint density at radius 2 is 1.89 bits per heavy atom. The Morgan fingerprint density at radius 3 is 2.56 bits per heavy atom. The predicted molar refractivity (Wildman–Crippen MR) is 72.9 cm³/mol. The highest BCUT2D eigenvalue weighted by Gasteiger charge is 2.10. The van der Waals surface area contributed by atoms with E-state index >= 15 is 0 Å². The van der Waals surface area contributed by atoms with Crippen molar-refractivity contribution in [3.8, 4) is 5.75 Å². The second-order valence-electron chi connectivity index (χ2n) is 4.02. The van der Waals surface area contributed by atoms with E-state index in [0.717, 1.165) is 17.0 Å². The van der Waals surface area contributed by atoms with Gasteiger partial charge in [-0.05, 0) is 29.8 Å². The molecule has 3 heteroatoms. The summed E-state index contributed by atoms with van der Waals surface area (Å²) in [6, 6.07) is 17.4. The molecule has 0 spiro atoms. The molecule has 0 amide bonds. The molecular weight excluding hydrogens is 226 g/mol. The van der Waals surface area contributed by atoms with E-state index in [-0.39, 0.29) is 12.6 Å². The Kier molecular flexibility index (Phi) is 4.20. The summed E-state index contributed by atoms with van der Waals surface area (Å²) < 4.78 is 5.19. The lowest BCUT2D eigenvalue weighted by molar-refractivity contribution is 0.276. The lowest BCUT2D eigenvalue weighted by Gasteiger charge is -2.18. The molecule has 1 atom stereocenters. The Morgan fingerprint density at radius 1 is 1.11 bits per heavy atom. The third kappa shape index (κ3) is 3.02. The van der Waals surface area contributed by atoms with E-state index in [1.54, 1.807) is 7.11 Å². The van der Waals surface area contributed by atoms with Crippen molar-refractivity contribution < 1.29 is 9.84 Å². The van der Waals surface area contributed by atoms with Crippen molar-refractivity contribution >= 4 is 5.69 Å². The van der Waals surface area contributed by atoms with Crippen LogP contribution in [-0.4, -0.2) is 18.8 Å². The summed E-state index contributed by atoms with van der Waals surface area (Å²) in [6.45, 7) is 0.0298. The van der Waals surface area contributed by atoms with Gasteiger partial charge in [-0.3, -0.25) is 0 Å². The molecule has 0 saturated carbocycles. The molecule has 2 rings (SSSR count). The highest BCUT2D eigenvalue weighted by atomic mass is 16.5. The number of methoxy groups -OCH3 is 1. The third-order valence-electron chi connectivity index (χ3n) is 2.79. The van der Waals surface area contributed by atoms with Crippen molar-refractivity contribution in [1.82, 2.24) is 0 Å². The van der Waals surface area contributed by atoms with Gasteiger partial charge in [-0.25, -0.2) is 0 Å². The van der Waals surface area contributed by atoms with E-state index in [1.807, 2.05) is 54.6 Å². The molecule has 0 aliphatic rings. The van der Waals surface area contributed by atoms with Crippen molar-refractivity contribution in [2.75, 3.05) is 19.0 Å². The number of aliphatic hydroxyl groups is 1. The largest absolute Gasteiger partial charge is 0.497 e. The van der Waals surface area contributed by atoms with Gasteiger partial charge >= 0.3 is 0 Å². The van der Waals surface area contributed by atoms with Crippen LogP contribution in [0.15, 0.2) is 54.6 Å². The van der Waals surface area contributed by atoms with Crippen LogP contribution < -0.4 is 10.1 Å². The Balaban J connectivity index is 2.17. The van der Waals surface area contributed by atoms with Crippen LogP contribution in [0, 0.1) is 0 Å². The minimum Gasteiger partial charge on any atom is -0.497 e. The number of para-hydroxylation sites is 1. The number of anilines is 1. The molecule has 18 heavy (non-hydrogen) atoms. The first-order valence-electron chi connectivity index (χ1n) is 5.90. The fraction of sp³-hybridized carbons (Fsp3) is 0.200. The van der Waals surface area contributed by atoms with Crippen LogP contribution in [0.5, 0.6) is 5.75 Å². The van der Waals surface area contributed by atoms with Crippen molar-refractivity contribution in [1.29, 1.82) is 0 Å². The van der Waals surface area contributed by atoms with Gasteiger partial charge in [0.2, 0.25) is 0 Å². The monoisotopic (exact) mass is 243 g/mol. The first kappa shape index (κ1) is 12.5. The molecule has 94 valence electrons. The van der Waals surface area contributed by atoms with Crippen molar-refractivity contribution in [2.24, 2.45) is 0 Å². The third-order valence-corrected chi connectivity index (χ3v) is 2.79. The van der Waals surface area contributed by atoms with Gasteiger partial charge in [0, 0.05) is 5.69 Å². The molecule has 0 fully saturated rings. The second kappa shape index (κ2) is 6.07.